The Hall–Kier alpha value is -2.19. The lowest BCUT2D eigenvalue weighted by molar-refractivity contribution is -0.113. The molecule has 0 atom stereocenters. The van der Waals surface area contributed by atoms with E-state index in [0.29, 0.717) is 11.6 Å². The van der Waals surface area contributed by atoms with E-state index < -0.39 is 0 Å². The van der Waals surface area contributed by atoms with Crippen LogP contribution in [0.4, 0.5) is 11.6 Å². The van der Waals surface area contributed by atoms with Crippen molar-refractivity contribution in [2.24, 2.45) is 0 Å². The summed E-state index contributed by atoms with van der Waals surface area (Å²) >= 11 is 2.90. The molecule has 0 aliphatic heterocycles. The van der Waals surface area contributed by atoms with E-state index in [1.807, 2.05) is 18.2 Å². The Bertz CT molecular complexity index is 775. The first-order valence-electron chi connectivity index (χ1n) is 6.06. The van der Waals surface area contributed by atoms with E-state index in [9.17, 15) is 4.79 Å². The van der Waals surface area contributed by atoms with E-state index in [2.05, 4.69) is 20.3 Å². The van der Waals surface area contributed by atoms with Gasteiger partial charge in [-0.2, -0.15) is 0 Å². The molecule has 1 aromatic carbocycles. The Morgan fingerprint density at radius 3 is 2.95 bits per heavy atom. The van der Waals surface area contributed by atoms with Crippen LogP contribution >= 0.6 is 23.1 Å². The average Bonchev–Trinajstić information content (AvgIpc) is 2.88. The molecule has 0 saturated carbocycles. The lowest BCUT2D eigenvalue weighted by Crippen LogP contribution is -2.15. The van der Waals surface area contributed by atoms with Gasteiger partial charge in [-0.1, -0.05) is 11.8 Å². The Labute approximate surface area is 128 Å². The summed E-state index contributed by atoms with van der Waals surface area (Å²) in [5, 5.41) is 2.63. The number of thioether (sulfide) groups is 1. The number of fused-ring (bicyclic) bond motifs is 1. The Morgan fingerprint density at radius 2 is 2.14 bits per heavy atom. The molecule has 2 aromatic heterocycles. The molecule has 106 valence electrons. The van der Waals surface area contributed by atoms with Crippen molar-refractivity contribution >= 4 is 50.9 Å². The second-order valence-electron chi connectivity index (χ2n) is 4.12. The van der Waals surface area contributed by atoms with Crippen LogP contribution in [0.3, 0.4) is 0 Å². The molecule has 1 amide bonds. The quantitative estimate of drug-likeness (QED) is 0.567. The lowest BCUT2D eigenvalue weighted by atomic mass is 10.3. The molecule has 0 fully saturated rings. The molecule has 3 rings (SSSR count). The van der Waals surface area contributed by atoms with Crippen LogP contribution in [0.15, 0.2) is 41.0 Å². The number of anilines is 2. The van der Waals surface area contributed by atoms with Crippen molar-refractivity contribution in [3.63, 3.8) is 0 Å². The third-order valence-corrected chi connectivity index (χ3v) is 4.70. The number of nitrogen functional groups attached to an aromatic ring is 1. The number of carbonyl (C=O) groups is 1. The average molecular weight is 317 g/mol. The summed E-state index contributed by atoms with van der Waals surface area (Å²) in [6.45, 7) is 0. The number of rotatable bonds is 4. The number of nitrogens with one attached hydrogen (secondary N) is 1. The highest BCUT2D eigenvalue weighted by atomic mass is 32.2. The minimum atomic E-state index is -0.162. The predicted octanol–water partition coefficient (Wildman–Crippen LogP) is 2.40. The molecule has 3 aromatic rings. The van der Waals surface area contributed by atoms with E-state index >= 15 is 0 Å². The summed E-state index contributed by atoms with van der Waals surface area (Å²) in [7, 11) is 0. The maximum atomic E-state index is 11.8. The molecule has 0 bridgehead atoms. The van der Waals surface area contributed by atoms with Gasteiger partial charge in [0.1, 0.15) is 0 Å². The molecule has 0 aliphatic rings. The summed E-state index contributed by atoms with van der Waals surface area (Å²) < 4.78 is 1.85. The van der Waals surface area contributed by atoms with Gasteiger partial charge in [0.05, 0.1) is 16.0 Å². The van der Waals surface area contributed by atoms with Gasteiger partial charge in [-0.15, -0.1) is 11.3 Å². The number of benzene rings is 1. The molecular weight excluding hydrogens is 306 g/mol. The highest BCUT2D eigenvalue weighted by Crippen LogP contribution is 2.30. The number of amides is 1. The molecule has 0 unspecified atom stereocenters. The van der Waals surface area contributed by atoms with Crippen LogP contribution in [0.1, 0.15) is 0 Å². The fourth-order valence-corrected chi connectivity index (χ4v) is 3.55. The Kier molecular flexibility index (Phi) is 3.98. The van der Waals surface area contributed by atoms with Crippen LogP contribution in [0.25, 0.3) is 10.2 Å². The number of hydrogen-bond donors (Lipinski definition) is 2. The van der Waals surface area contributed by atoms with Gasteiger partial charge >= 0.3 is 0 Å². The van der Waals surface area contributed by atoms with E-state index in [-0.39, 0.29) is 11.7 Å². The van der Waals surface area contributed by atoms with Crippen molar-refractivity contribution in [1.29, 1.82) is 0 Å². The molecule has 0 saturated heterocycles. The zero-order valence-corrected chi connectivity index (χ0v) is 12.4. The van der Waals surface area contributed by atoms with Crippen LogP contribution in [0.5, 0.6) is 0 Å². The topological polar surface area (TPSA) is 93.8 Å². The van der Waals surface area contributed by atoms with Crippen molar-refractivity contribution in [2.45, 2.75) is 4.34 Å². The first-order chi connectivity index (χ1) is 10.2. The fraction of sp³-hybridized carbons (Fsp3) is 0.0769. The van der Waals surface area contributed by atoms with Gasteiger partial charge in [0.15, 0.2) is 4.34 Å². The SMILES string of the molecule is Nc1ccc2nc(SCC(=O)Nc3ncccn3)sc2c1. The zero-order valence-electron chi connectivity index (χ0n) is 10.8. The smallest absolute Gasteiger partial charge is 0.237 e. The van der Waals surface area contributed by atoms with Crippen LogP contribution < -0.4 is 11.1 Å². The van der Waals surface area contributed by atoms with Crippen LogP contribution in [-0.2, 0) is 4.79 Å². The van der Waals surface area contributed by atoms with Gasteiger partial charge < -0.3 is 5.73 Å². The van der Waals surface area contributed by atoms with Crippen molar-refractivity contribution in [3.8, 4) is 0 Å². The monoisotopic (exact) mass is 317 g/mol. The number of nitrogens with zero attached hydrogens (tertiary/aromatic N) is 3. The van der Waals surface area contributed by atoms with Crippen LogP contribution in [-0.4, -0.2) is 26.6 Å². The first kappa shape index (κ1) is 13.8. The number of aromatic nitrogens is 3. The zero-order chi connectivity index (χ0) is 14.7. The van der Waals surface area contributed by atoms with Crippen molar-refractivity contribution < 1.29 is 4.79 Å². The molecule has 6 nitrogen and oxygen atoms in total. The standard InChI is InChI=1S/C13H11N5OS2/c14-8-2-3-9-10(6-8)21-13(17-9)20-7-11(19)18-12-15-4-1-5-16-12/h1-6H,7,14H2,(H,15,16,18,19). The van der Waals surface area contributed by atoms with Gasteiger partial charge in [0.2, 0.25) is 11.9 Å². The second-order valence-corrected chi connectivity index (χ2v) is 6.37. The molecular formula is C13H11N5OS2. The molecule has 8 heteroatoms. The minimum Gasteiger partial charge on any atom is -0.399 e. The molecule has 3 N–H and O–H groups in total. The van der Waals surface area contributed by atoms with Gasteiger partial charge in [0.25, 0.3) is 0 Å². The molecule has 2 heterocycles. The highest BCUT2D eigenvalue weighted by Gasteiger charge is 2.09. The van der Waals surface area contributed by atoms with Crippen LogP contribution in [0, 0.1) is 0 Å². The number of carbonyl (C=O) groups excluding carboxylic acids is 1. The number of hydrogen-bond acceptors (Lipinski definition) is 7. The Balaban J connectivity index is 1.62. The maximum absolute atomic E-state index is 11.8. The summed E-state index contributed by atoms with van der Waals surface area (Å²) in [6.07, 6.45) is 3.15. The van der Waals surface area contributed by atoms with Crippen molar-refractivity contribution in [2.75, 3.05) is 16.8 Å². The molecule has 0 radical (unpaired) electrons. The molecule has 0 spiro atoms. The second kappa shape index (κ2) is 6.06. The fourth-order valence-electron chi connectivity index (χ4n) is 1.63. The summed E-state index contributed by atoms with van der Waals surface area (Å²) in [6, 6.07) is 7.27. The molecule has 0 aliphatic carbocycles. The minimum absolute atomic E-state index is 0.162. The summed E-state index contributed by atoms with van der Waals surface area (Å²) in [5.41, 5.74) is 7.34. The largest absolute Gasteiger partial charge is 0.399 e. The van der Waals surface area contributed by atoms with E-state index in [4.69, 9.17) is 5.73 Å². The van der Waals surface area contributed by atoms with Gasteiger partial charge in [0, 0.05) is 18.1 Å². The van der Waals surface area contributed by atoms with E-state index in [0.717, 1.165) is 14.6 Å². The lowest BCUT2D eigenvalue weighted by Gasteiger charge is -2.00. The third kappa shape index (κ3) is 3.47. The van der Waals surface area contributed by atoms with Gasteiger partial charge in [-0.05, 0) is 24.3 Å². The summed E-state index contributed by atoms with van der Waals surface area (Å²) in [4.78, 5) is 24.1. The van der Waals surface area contributed by atoms with Crippen molar-refractivity contribution in [1.82, 2.24) is 15.0 Å². The third-order valence-electron chi connectivity index (χ3n) is 2.54. The van der Waals surface area contributed by atoms with Gasteiger partial charge in [-0.25, -0.2) is 15.0 Å². The number of nitrogens with two attached hydrogens (primary N) is 1. The first-order valence-corrected chi connectivity index (χ1v) is 7.87. The maximum Gasteiger partial charge on any atom is 0.237 e. The molecule has 21 heavy (non-hydrogen) atoms. The van der Waals surface area contributed by atoms with Gasteiger partial charge in [-0.3, -0.25) is 10.1 Å². The Morgan fingerprint density at radius 1 is 1.33 bits per heavy atom. The number of thiazole rings is 1. The predicted molar refractivity (Wildman–Crippen MR) is 85.4 cm³/mol. The van der Waals surface area contributed by atoms with Crippen LogP contribution in [0.2, 0.25) is 0 Å². The normalized spacial score (nSPS) is 10.7. The van der Waals surface area contributed by atoms with E-state index in [1.165, 1.54) is 23.1 Å². The van der Waals surface area contributed by atoms with E-state index in [1.54, 1.807) is 18.5 Å². The van der Waals surface area contributed by atoms with Crippen molar-refractivity contribution in [3.05, 3.63) is 36.7 Å². The summed E-state index contributed by atoms with van der Waals surface area (Å²) in [5.74, 6) is 0.401. The highest BCUT2D eigenvalue weighted by molar-refractivity contribution is 8.01.